The van der Waals surface area contributed by atoms with Crippen LogP contribution in [0.15, 0.2) is 0 Å². The van der Waals surface area contributed by atoms with Crippen LogP contribution in [-0.2, 0) is 9.84 Å². The summed E-state index contributed by atoms with van der Waals surface area (Å²) in [6.45, 7) is 3.17. The summed E-state index contributed by atoms with van der Waals surface area (Å²) in [5.74, 6) is 0.680. The minimum absolute atomic E-state index is 0.168. The lowest BCUT2D eigenvalue weighted by Crippen LogP contribution is -2.46. The van der Waals surface area contributed by atoms with E-state index in [0.717, 1.165) is 25.8 Å². The van der Waals surface area contributed by atoms with Crippen LogP contribution < -0.4 is 5.73 Å². The number of hydrogen-bond acceptors (Lipinski definition) is 4. The molecular weight excluding hydrogens is 236 g/mol. The first-order valence-corrected chi connectivity index (χ1v) is 8.31. The number of sulfone groups is 1. The molecule has 3 unspecified atom stereocenters. The molecule has 2 N–H and O–H groups in total. The number of nitrogens with two attached hydrogens (primary N) is 1. The van der Waals surface area contributed by atoms with Crippen molar-refractivity contribution in [2.75, 3.05) is 25.1 Å². The van der Waals surface area contributed by atoms with E-state index < -0.39 is 9.84 Å². The topological polar surface area (TPSA) is 63.4 Å². The maximum Gasteiger partial charge on any atom is 0.151 e. The summed E-state index contributed by atoms with van der Waals surface area (Å²) in [4.78, 5) is 2.22. The van der Waals surface area contributed by atoms with Crippen molar-refractivity contribution in [3.8, 4) is 0 Å². The van der Waals surface area contributed by atoms with E-state index in [1.54, 1.807) is 0 Å². The third-order valence-electron chi connectivity index (χ3n) is 4.60. The molecule has 2 fully saturated rings. The fourth-order valence-corrected chi connectivity index (χ4v) is 5.08. The van der Waals surface area contributed by atoms with Crippen LogP contribution in [0.5, 0.6) is 0 Å². The molecule has 1 heterocycles. The van der Waals surface area contributed by atoms with Crippen molar-refractivity contribution in [3.63, 3.8) is 0 Å². The third kappa shape index (κ3) is 2.83. The van der Waals surface area contributed by atoms with Gasteiger partial charge in [-0.3, -0.25) is 0 Å². The average Bonchev–Trinajstić information content (AvgIpc) is 2.72. The molecule has 1 aliphatic carbocycles. The zero-order valence-corrected chi connectivity index (χ0v) is 11.7. The van der Waals surface area contributed by atoms with Crippen molar-refractivity contribution in [2.45, 2.75) is 44.7 Å². The van der Waals surface area contributed by atoms with Gasteiger partial charge in [-0.05, 0) is 31.7 Å². The van der Waals surface area contributed by atoms with Gasteiger partial charge in [0.15, 0.2) is 9.84 Å². The van der Waals surface area contributed by atoms with E-state index in [0.29, 0.717) is 11.5 Å². The van der Waals surface area contributed by atoms with Gasteiger partial charge in [0.05, 0.1) is 11.5 Å². The molecule has 1 saturated carbocycles. The molecule has 2 aliphatic rings. The molecule has 0 radical (unpaired) electrons. The molecule has 17 heavy (non-hydrogen) atoms. The molecule has 3 atom stereocenters. The van der Waals surface area contributed by atoms with Crippen molar-refractivity contribution >= 4 is 9.84 Å². The lowest BCUT2D eigenvalue weighted by Gasteiger charge is -2.36. The van der Waals surface area contributed by atoms with Gasteiger partial charge in [0.25, 0.3) is 0 Å². The fraction of sp³-hybridized carbons (Fsp3) is 1.00. The molecule has 0 bridgehead atoms. The highest BCUT2D eigenvalue weighted by Gasteiger charge is 2.39. The lowest BCUT2D eigenvalue weighted by atomic mass is 9.84. The Hall–Kier alpha value is -0.130. The summed E-state index contributed by atoms with van der Waals surface area (Å²) in [5, 5.41) is 0. The minimum atomic E-state index is -2.78. The molecule has 0 aromatic heterocycles. The van der Waals surface area contributed by atoms with Gasteiger partial charge in [-0.1, -0.05) is 13.3 Å². The van der Waals surface area contributed by atoms with E-state index in [2.05, 4.69) is 11.8 Å². The summed E-state index contributed by atoms with van der Waals surface area (Å²) in [6.07, 6.45) is 4.25. The van der Waals surface area contributed by atoms with Gasteiger partial charge in [-0.2, -0.15) is 0 Å². The van der Waals surface area contributed by atoms with Crippen LogP contribution in [0.25, 0.3) is 0 Å². The monoisotopic (exact) mass is 260 g/mol. The molecule has 4 nitrogen and oxygen atoms in total. The van der Waals surface area contributed by atoms with Gasteiger partial charge in [0, 0.05) is 18.6 Å². The number of nitrogens with zero attached hydrogens (tertiary/aromatic N) is 1. The fourth-order valence-electron chi connectivity index (χ4n) is 3.28. The average molecular weight is 260 g/mol. The second kappa shape index (κ2) is 4.52. The number of rotatable bonds is 3. The Morgan fingerprint density at radius 1 is 1.41 bits per heavy atom. The van der Waals surface area contributed by atoms with Crippen LogP contribution >= 0.6 is 0 Å². The molecule has 5 heteroatoms. The summed E-state index contributed by atoms with van der Waals surface area (Å²) in [6, 6.07) is 0.465. The molecule has 0 aromatic carbocycles. The first-order chi connectivity index (χ1) is 7.82. The Kier molecular flexibility index (Phi) is 3.54. The minimum Gasteiger partial charge on any atom is -0.327 e. The SMILES string of the molecule is CN(CC1(C)CCCC1N)C1CCS(=O)(=O)C1. The van der Waals surface area contributed by atoms with Crippen molar-refractivity contribution in [1.82, 2.24) is 4.90 Å². The van der Waals surface area contributed by atoms with Gasteiger partial charge >= 0.3 is 0 Å². The van der Waals surface area contributed by atoms with E-state index in [1.807, 2.05) is 7.05 Å². The third-order valence-corrected chi connectivity index (χ3v) is 6.35. The standard InChI is InChI=1S/C12H24N2O2S/c1-12(6-3-4-11(12)13)9-14(2)10-5-7-17(15,16)8-10/h10-11H,3-9,13H2,1-2H3. The maximum absolute atomic E-state index is 11.5. The van der Waals surface area contributed by atoms with E-state index in [-0.39, 0.29) is 17.5 Å². The predicted octanol–water partition coefficient (Wildman–Crippen LogP) is 0.623. The molecule has 2 rings (SSSR count). The maximum atomic E-state index is 11.5. The summed E-state index contributed by atoms with van der Waals surface area (Å²) in [5.41, 5.74) is 6.34. The smallest absolute Gasteiger partial charge is 0.151 e. The van der Waals surface area contributed by atoms with Gasteiger partial charge in [-0.25, -0.2) is 8.42 Å². The van der Waals surface area contributed by atoms with E-state index >= 15 is 0 Å². The van der Waals surface area contributed by atoms with Crippen LogP contribution in [0.3, 0.4) is 0 Å². The van der Waals surface area contributed by atoms with Gasteiger partial charge < -0.3 is 10.6 Å². The van der Waals surface area contributed by atoms with Gasteiger partial charge in [-0.15, -0.1) is 0 Å². The van der Waals surface area contributed by atoms with Gasteiger partial charge in [0.2, 0.25) is 0 Å². The number of hydrogen-bond donors (Lipinski definition) is 1. The summed E-state index contributed by atoms with van der Waals surface area (Å²) < 4.78 is 23.0. The van der Waals surface area contributed by atoms with Crippen LogP contribution in [0.1, 0.15) is 32.6 Å². The van der Waals surface area contributed by atoms with Crippen LogP contribution in [0.2, 0.25) is 0 Å². The molecular formula is C12H24N2O2S. The van der Waals surface area contributed by atoms with Crippen molar-refractivity contribution in [1.29, 1.82) is 0 Å². The van der Waals surface area contributed by atoms with Crippen molar-refractivity contribution in [2.24, 2.45) is 11.1 Å². The van der Waals surface area contributed by atoms with Crippen LogP contribution in [-0.4, -0.2) is 50.5 Å². The van der Waals surface area contributed by atoms with E-state index in [4.69, 9.17) is 5.73 Å². The Labute approximate surface area is 104 Å². The first kappa shape index (κ1) is 13.3. The summed E-state index contributed by atoms with van der Waals surface area (Å²) >= 11 is 0. The molecule has 1 saturated heterocycles. The Morgan fingerprint density at radius 2 is 2.12 bits per heavy atom. The first-order valence-electron chi connectivity index (χ1n) is 6.49. The van der Waals surface area contributed by atoms with Crippen molar-refractivity contribution < 1.29 is 8.42 Å². The highest BCUT2D eigenvalue weighted by Crippen LogP contribution is 2.37. The lowest BCUT2D eigenvalue weighted by molar-refractivity contribution is 0.147. The quantitative estimate of drug-likeness (QED) is 0.808. The zero-order chi connectivity index (χ0) is 12.7. The van der Waals surface area contributed by atoms with Crippen molar-refractivity contribution in [3.05, 3.63) is 0 Å². The zero-order valence-electron chi connectivity index (χ0n) is 10.9. The molecule has 1 aliphatic heterocycles. The highest BCUT2D eigenvalue weighted by molar-refractivity contribution is 7.91. The molecule has 0 amide bonds. The Bertz CT molecular complexity index is 382. The molecule has 0 aromatic rings. The summed E-state index contributed by atoms with van der Waals surface area (Å²) in [7, 11) is -0.737. The Morgan fingerprint density at radius 3 is 2.59 bits per heavy atom. The molecule has 0 spiro atoms. The second-order valence-electron chi connectivity index (χ2n) is 6.12. The Balaban J connectivity index is 1.96. The van der Waals surface area contributed by atoms with E-state index in [9.17, 15) is 8.42 Å². The van der Waals surface area contributed by atoms with Gasteiger partial charge in [0.1, 0.15) is 0 Å². The second-order valence-corrected chi connectivity index (χ2v) is 8.35. The largest absolute Gasteiger partial charge is 0.327 e. The van der Waals surface area contributed by atoms with Crippen LogP contribution in [0, 0.1) is 5.41 Å². The highest BCUT2D eigenvalue weighted by atomic mass is 32.2. The van der Waals surface area contributed by atoms with E-state index in [1.165, 1.54) is 6.42 Å². The predicted molar refractivity (Wildman–Crippen MR) is 69.6 cm³/mol. The normalized spacial score (nSPS) is 41.2. The molecule has 100 valence electrons. The van der Waals surface area contributed by atoms with Crippen LogP contribution in [0.4, 0.5) is 0 Å².